The molecule has 0 spiro atoms. The average Bonchev–Trinajstić information content (AvgIpc) is 3.14. The monoisotopic (exact) mass is 452 g/mol. The summed E-state index contributed by atoms with van der Waals surface area (Å²) in [6.07, 6.45) is 0. The first-order valence-electron chi connectivity index (χ1n) is 9.71. The molecular weight excluding hydrogens is 432 g/mol. The smallest absolute Gasteiger partial charge is 0.257 e. The Hall–Kier alpha value is -3.16. The average molecular weight is 453 g/mol. The lowest BCUT2D eigenvalue weighted by Gasteiger charge is -2.38. The van der Waals surface area contributed by atoms with Gasteiger partial charge >= 0.3 is 0 Å². The van der Waals surface area contributed by atoms with Crippen molar-refractivity contribution in [2.24, 2.45) is 0 Å². The second kappa shape index (κ2) is 8.53. The maximum absolute atomic E-state index is 13.4. The van der Waals surface area contributed by atoms with Crippen LogP contribution >= 0.6 is 23.8 Å². The quantitative estimate of drug-likeness (QED) is 0.524. The highest BCUT2D eigenvalue weighted by atomic mass is 35.5. The number of hydrogen-bond acceptors (Lipinski definition) is 4. The Morgan fingerprint density at radius 1 is 1.13 bits per heavy atom. The Morgan fingerprint density at radius 2 is 1.81 bits per heavy atom. The van der Waals surface area contributed by atoms with E-state index in [1.54, 1.807) is 25.1 Å². The SMILES string of the molecule is CC1=C(C(=O)Nc2cc(C)on2)C(c2ccc(Cl)cc2)NC(=S)N1c1ccc(C)cc1. The third-order valence-corrected chi connectivity index (χ3v) is 5.65. The Morgan fingerprint density at radius 3 is 2.42 bits per heavy atom. The van der Waals surface area contributed by atoms with Crippen molar-refractivity contribution >= 4 is 46.3 Å². The zero-order chi connectivity index (χ0) is 22.1. The van der Waals surface area contributed by atoms with Crippen LogP contribution in [0.4, 0.5) is 11.5 Å². The molecule has 6 nitrogen and oxygen atoms in total. The molecule has 0 aliphatic carbocycles. The summed E-state index contributed by atoms with van der Waals surface area (Å²) in [5.74, 6) is 0.671. The molecule has 0 fully saturated rings. The van der Waals surface area contributed by atoms with Crippen LogP contribution in [0.5, 0.6) is 0 Å². The topological polar surface area (TPSA) is 70.4 Å². The first kappa shape index (κ1) is 21.1. The van der Waals surface area contributed by atoms with E-state index in [9.17, 15) is 4.79 Å². The van der Waals surface area contributed by atoms with Crippen molar-refractivity contribution in [1.82, 2.24) is 10.5 Å². The van der Waals surface area contributed by atoms with Gasteiger partial charge in [-0.25, -0.2) is 0 Å². The fourth-order valence-corrected chi connectivity index (χ4v) is 4.04. The van der Waals surface area contributed by atoms with E-state index in [1.807, 2.05) is 55.1 Å². The molecule has 1 aromatic heterocycles. The molecule has 2 heterocycles. The lowest BCUT2D eigenvalue weighted by Crippen LogP contribution is -2.48. The van der Waals surface area contributed by atoms with E-state index in [0.29, 0.717) is 27.3 Å². The molecule has 0 radical (unpaired) electrons. The number of aryl methyl sites for hydroxylation is 2. The Bertz CT molecular complexity index is 1170. The number of nitrogens with zero attached hydrogens (tertiary/aromatic N) is 2. The number of benzene rings is 2. The Labute approximate surface area is 190 Å². The number of carbonyl (C=O) groups excluding carboxylic acids is 1. The Balaban J connectivity index is 1.80. The van der Waals surface area contributed by atoms with Crippen LogP contribution in [0.2, 0.25) is 5.02 Å². The van der Waals surface area contributed by atoms with E-state index in [4.69, 9.17) is 28.3 Å². The van der Waals surface area contributed by atoms with Crippen LogP contribution in [0.3, 0.4) is 0 Å². The molecule has 2 N–H and O–H groups in total. The molecule has 1 atom stereocenters. The number of aromatic nitrogens is 1. The molecule has 2 aromatic carbocycles. The number of anilines is 2. The fraction of sp³-hybridized carbons (Fsp3) is 0.174. The minimum atomic E-state index is -0.445. The van der Waals surface area contributed by atoms with Crippen LogP contribution in [0.1, 0.15) is 29.9 Å². The minimum absolute atomic E-state index is 0.294. The number of nitrogens with one attached hydrogen (secondary N) is 2. The summed E-state index contributed by atoms with van der Waals surface area (Å²) >= 11 is 11.8. The molecule has 0 saturated carbocycles. The van der Waals surface area contributed by atoms with Gasteiger partial charge in [-0.1, -0.05) is 46.6 Å². The van der Waals surface area contributed by atoms with Crippen LogP contribution in [-0.4, -0.2) is 16.2 Å². The molecule has 4 rings (SSSR count). The molecular formula is C23H21ClN4O2S. The molecule has 1 aliphatic heterocycles. The lowest BCUT2D eigenvalue weighted by atomic mass is 9.94. The first-order valence-corrected chi connectivity index (χ1v) is 10.5. The number of thiocarbonyl (C=S) groups is 1. The number of rotatable bonds is 4. The maximum atomic E-state index is 13.4. The van der Waals surface area contributed by atoms with Crippen molar-refractivity contribution in [2.75, 3.05) is 10.2 Å². The van der Waals surface area contributed by atoms with Crippen LogP contribution in [-0.2, 0) is 4.79 Å². The van der Waals surface area contributed by atoms with Gasteiger partial charge < -0.3 is 15.2 Å². The molecule has 0 bridgehead atoms. The lowest BCUT2D eigenvalue weighted by molar-refractivity contribution is -0.113. The highest BCUT2D eigenvalue weighted by Crippen LogP contribution is 2.34. The number of amides is 1. The fourth-order valence-electron chi connectivity index (χ4n) is 3.56. The summed E-state index contributed by atoms with van der Waals surface area (Å²) < 4.78 is 5.08. The van der Waals surface area contributed by atoms with E-state index >= 15 is 0 Å². The summed E-state index contributed by atoms with van der Waals surface area (Å²) in [6, 6.07) is 16.5. The molecule has 1 aliphatic rings. The van der Waals surface area contributed by atoms with Gasteiger partial charge in [0.05, 0.1) is 11.6 Å². The molecule has 1 amide bonds. The molecule has 0 saturated heterocycles. The zero-order valence-corrected chi connectivity index (χ0v) is 18.8. The normalized spacial score (nSPS) is 16.3. The summed E-state index contributed by atoms with van der Waals surface area (Å²) in [4.78, 5) is 15.3. The van der Waals surface area contributed by atoms with Crippen molar-refractivity contribution in [1.29, 1.82) is 0 Å². The maximum Gasteiger partial charge on any atom is 0.257 e. The van der Waals surface area contributed by atoms with Gasteiger partial charge in [-0.15, -0.1) is 0 Å². The number of halogens is 1. The largest absolute Gasteiger partial charge is 0.360 e. The van der Waals surface area contributed by atoms with E-state index in [1.165, 1.54) is 0 Å². The van der Waals surface area contributed by atoms with Gasteiger partial charge in [-0.3, -0.25) is 9.69 Å². The van der Waals surface area contributed by atoms with Crippen LogP contribution in [0.15, 0.2) is 70.4 Å². The molecule has 8 heteroatoms. The van der Waals surface area contributed by atoms with Gasteiger partial charge in [-0.05, 0) is 62.8 Å². The number of allylic oxidation sites excluding steroid dienone is 1. The third kappa shape index (κ3) is 4.33. The van der Waals surface area contributed by atoms with Gasteiger partial charge in [0, 0.05) is 22.5 Å². The highest BCUT2D eigenvalue weighted by Gasteiger charge is 2.34. The predicted octanol–water partition coefficient (Wildman–Crippen LogP) is 5.29. The van der Waals surface area contributed by atoms with Crippen molar-refractivity contribution in [3.8, 4) is 0 Å². The van der Waals surface area contributed by atoms with Crippen LogP contribution in [0, 0.1) is 13.8 Å². The third-order valence-electron chi connectivity index (χ3n) is 5.09. The van der Waals surface area contributed by atoms with Gasteiger partial charge in [0.1, 0.15) is 5.76 Å². The number of carbonyl (C=O) groups is 1. The van der Waals surface area contributed by atoms with Crippen molar-refractivity contribution in [3.05, 3.63) is 87.8 Å². The summed E-state index contributed by atoms with van der Waals surface area (Å²) in [6.45, 7) is 5.68. The van der Waals surface area contributed by atoms with Crippen molar-refractivity contribution in [2.45, 2.75) is 26.8 Å². The number of hydrogen-bond donors (Lipinski definition) is 2. The molecule has 3 aromatic rings. The van der Waals surface area contributed by atoms with Crippen LogP contribution in [0.25, 0.3) is 0 Å². The second-order valence-electron chi connectivity index (χ2n) is 7.38. The molecule has 158 valence electrons. The Kier molecular flexibility index (Phi) is 5.80. The summed E-state index contributed by atoms with van der Waals surface area (Å²) in [5, 5.41) is 11.2. The second-order valence-corrected chi connectivity index (χ2v) is 8.20. The summed E-state index contributed by atoms with van der Waals surface area (Å²) in [7, 11) is 0. The van der Waals surface area contributed by atoms with E-state index in [-0.39, 0.29) is 5.91 Å². The van der Waals surface area contributed by atoms with Crippen molar-refractivity contribution < 1.29 is 9.32 Å². The van der Waals surface area contributed by atoms with E-state index in [0.717, 1.165) is 22.5 Å². The van der Waals surface area contributed by atoms with Crippen LogP contribution < -0.4 is 15.5 Å². The van der Waals surface area contributed by atoms with Gasteiger partial charge in [-0.2, -0.15) is 0 Å². The zero-order valence-electron chi connectivity index (χ0n) is 17.3. The van der Waals surface area contributed by atoms with Gasteiger partial charge in [0.2, 0.25) is 0 Å². The summed E-state index contributed by atoms with van der Waals surface area (Å²) in [5.41, 5.74) is 4.14. The van der Waals surface area contributed by atoms with E-state index < -0.39 is 6.04 Å². The minimum Gasteiger partial charge on any atom is -0.360 e. The predicted molar refractivity (Wildman–Crippen MR) is 126 cm³/mol. The van der Waals surface area contributed by atoms with Crippen molar-refractivity contribution in [3.63, 3.8) is 0 Å². The highest BCUT2D eigenvalue weighted by molar-refractivity contribution is 7.80. The molecule has 1 unspecified atom stereocenters. The van der Waals surface area contributed by atoms with E-state index in [2.05, 4.69) is 15.8 Å². The first-order chi connectivity index (χ1) is 14.8. The van der Waals surface area contributed by atoms with Gasteiger partial charge in [0.25, 0.3) is 5.91 Å². The van der Waals surface area contributed by atoms with Gasteiger partial charge in [0.15, 0.2) is 10.9 Å². The molecule has 31 heavy (non-hydrogen) atoms. The standard InChI is InChI=1S/C23H21ClN4O2S/c1-13-4-10-18(11-5-13)28-15(3)20(22(29)25-19-12-14(2)30-27-19)21(26-23(28)31)16-6-8-17(24)9-7-16/h4-12,21H,1-3H3,(H,26,31)(H,25,27,29).